The second-order valence-electron chi connectivity index (χ2n) is 5.63. The first-order chi connectivity index (χ1) is 8.64. The number of Topliss-reactive ketones (excluding diaryl/α,β-unsaturated/α-hetero) is 1. The van der Waals surface area contributed by atoms with Crippen molar-refractivity contribution in [2.75, 3.05) is 6.54 Å². The van der Waals surface area contributed by atoms with Crippen molar-refractivity contribution in [3.8, 4) is 0 Å². The zero-order chi connectivity index (χ0) is 14.8. The third kappa shape index (κ3) is 3.89. The standard InChI is InChI=1S/C13H20N2O4/c1-7(15-6-8(14)12(18)19)11-9(16)4-13(2,3)5-10(11)17/h8,16H,4-6,14H2,1-3H3,(H,18,19). The molecule has 0 aromatic carbocycles. The highest BCUT2D eigenvalue weighted by Gasteiger charge is 2.34. The summed E-state index contributed by atoms with van der Waals surface area (Å²) in [6.45, 7) is 5.28. The Hall–Kier alpha value is -1.69. The van der Waals surface area contributed by atoms with Gasteiger partial charge >= 0.3 is 5.97 Å². The number of carbonyl (C=O) groups is 2. The van der Waals surface area contributed by atoms with E-state index in [1.165, 1.54) is 0 Å². The van der Waals surface area contributed by atoms with Crippen LogP contribution in [0.15, 0.2) is 16.3 Å². The van der Waals surface area contributed by atoms with Gasteiger partial charge in [0.1, 0.15) is 11.8 Å². The highest BCUT2D eigenvalue weighted by atomic mass is 16.4. The molecule has 19 heavy (non-hydrogen) atoms. The van der Waals surface area contributed by atoms with Crippen molar-refractivity contribution in [3.05, 3.63) is 11.3 Å². The van der Waals surface area contributed by atoms with Crippen LogP contribution in [-0.2, 0) is 9.59 Å². The van der Waals surface area contributed by atoms with Crippen LogP contribution in [0.5, 0.6) is 0 Å². The van der Waals surface area contributed by atoms with Crippen molar-refractivity contribution < 1.29 is 19.8 Å². The SMILES string of the molecule is CC(=NCC(N)C(=O)O)C1=C(O)CC(C)(C)CC1=O. The Morgan fingerprint density at radius 3 is 2.53 bits per heavy atom. The summed E-state index contributed by atoms with van der Waals surface area (Å²) in [7, 11) is 0. The van der Waals surface area contributed by atoms with Gasteiger partial charge in [0.2, 0.25) is 0 Å². The van der Waals surface area contributed by atoms with Crippen molar-refractivity contribution in [3.63, 3.8) is 0 Å². The van der Waals surface area contributed by atoms with Gasteiger partial charge in [-0.25, -0.2) is 0 Å². The Labute approximate surface area is 112 Å². The fourth-order valence-corrected chi connectivity index (χ4v) is 2.09. The van der Waals surface area contributed by atoms with Crippen LogP contribution in [0, 0.1) is 5.41 Å². The summed E-state index contributed by atoms with van der Waals surface area (Å²) in [6, 6.07) is -1.10. The summed E-state index contributed by atoms with van der Waals surface area (Å²) in [5, 5.41) is 18.6. The first kappa shape index (κ1) is 15.4. The molecule has 0 saturated heterocycles. The lowest BCUT2D eigenvalue weighted by Crippen LogP contribution is -2.34. The predicted molar refractivity (Wildman–Crippen MR) is 71.3 cm³/mol. The number of allylic oxidation sites excluding steroid dienone is 2. The largest absolute Gasteiger partial charge is 0.511 e. The van der Waals surface area contributed by atoms with Gasteiger partial charge < -0.3 is 15.9 Å². The maximum atomic E-state index is 12.0. The number of carboxylic acid groups (broad SMARTS) is 1. The number of rotatable bonds is 4. The molecule has 0 heterocycles. The molecule has 0 amide bonds. The van der Waals surface area contributed by atoms with E-state index >= 15 is 0 Å². The van der Waals surface area contributed by atoms with Gasteiger partial charge in [0.15, 0.2) is 5.78 Å². The smallest absolute Gasteiger partial charge is 0.322 e. The Morgan fingerprint density at radius 1 is 1.47 bits per heavy atom. The summed E-state index contributed by atoms with van der Waals surface area (Å²) in [5.41, 5.74) is 5.62. The van der Waals surface area contributed by atoms with E-state index in [2.05, 4.69) is 4.99 Å². The number of aliphatic carboxylic acids is 1. The van der Waals surface area contributed by atoms with Crippen LogP contribution in [0.25, 0.3) is 0 Å². The first-order valence-corrected chi connectivity index (χ1v) is 6.09. The van der Waals surface area contributed by atoms with Crippen LogP contribution in [-0.4, -0.2) is 40.3 Å². The minimum atomic E-state index is -1.15. The molecule has 0 radical (unpaired) electrons. The Kier molecular flexibility index (Phi) is 4.47. The lowest BCUT2D eigenvalue weighted by atomic mass is 9.76. The van der Waals surface area contributed by atoms with Crippen LogP contribution in [0.1, 0.15) is 33.6 Å². The van der Waals surface area contributed by atoms with E-state index in [0.29, 0.717) is 18.6 Å². The number of aliphatic hydroxyl groups excluding tert-OH is 1. The normalized spacial score (nSPS) is 21.5. The lowest BCUT2D eigenvalue weighted by molar-refractivity contribution is -0.138. The Bertz CT molecular complexity index is 463. The van der Waals surface area contributed by atoms with Gasteiger partial charge in [0.05, 0.1) is 12.1 Å². The molecule has 1 rings (SSSR count). The summed E-state index contributed by atoms with van der Waals surface area (Å²) in [6.07, 6.45) is 0.746. The van der Waals surface area contributed by atoms with E-state index < -0.39 is 12.0 Å². The van der Waals surface area contributed by atoms with E-state index in [4.69, 9.17) is 10.8 Å². The zero-order valence-electron chi connectivity index (χ0n) is 11.4. The van der Waals surface area contributed by atoms with Crippen molar-refractivity contribution in [2.24, 2.45) is 16.1 Å². The number of aliphatic imine (C=N–C) groups is 1. The van der Waals surface area contributed by atoms with Crippen LogP contribution in [0.4, 0.5) is 0 Å². The number of ketones is 1. The second kappa shape index (κ2) is 5.52. The van der Waals surface area contributed by atoms with E-state index in [-0.39, 0.29) is 29.1 Å². The number of carbonyl (C=O) groups excluding carboxylic acids is 1. The van der Waals surface area contributed by atoms with E-state index in [9.17, 15) is 14.7 Å². The predicted octanol–water partition coefficient (Wildman–Crippen LogP) is 1.06. The van der Waals surface area contributed by atoms with Gasteiger partial charge in [-0.3, -0.25) is 14.6 Å². The average Bonchev–Trinajstić information content (AvgIpc) is 2.22. The quantitative estimate of drug-likeness (QED) is 0.660. The van der Waals surface area contributed by atoms with E-state index in [1.54, 1.807) is 6.92 Å². The molecule has 1 aliphatic rings. The van der Waals surface area contributed by atoms with Gasteiger partial charge in [-0.15, -0.1) is 0 Å². The molecule has 1 unspecified atom stereocenters. The number of hydrogen-bond acceptors (Lipinski definition) is 5. The number of aliphatic hydroxyl groups is 1. The number of carboxylic acids is 1. The van der Waals surface area contributed by atoms with Crippen molar-refractivity contribution in [1.29, 1.82) is 0 Å². The molecule has 6 nitrogen and oxygen atoms in total. The average molecular weight is 268 g/mol. The highest BCUT2D eigenvalue weighted by Crippen LogP contribution is 2.36. The van der Waals surface area contributed by atoms with Crippen LogP contribution in [0.2, 0.25) is 0 Å². The fourth-order valence-electron chi connectivity index (χ4n) is 2.09. The van der Waals surface area contributed by atoms with E-state index in [1.807, 2.05) is 13.8 Å². The molecule has 0 aliphatic heterocycles. The zero-order valence-corrected chi connectivity index (χ0v) is 11.4. The first-order valence-electron chi connectivity index (χ1n) is 6.09. The summed E-state index contributed by atoms with van der Waals surface area (Å²) in [5.74, 6) is -1.30. The number of hydrogen-bond donors (Lipinski definition) is 3. The minimum absolute atomic E-state index is 0.0198. The highest BCUT2D eigenvalue weighted by molar-refractivity contribution is 6.22. The lowest BCUT2D eigenvalue weighted by Gasteiger charge is -2.29. The van der Waals surface area contributed by atoms with Crippen LogP contribution in [0.3, 0.4) is 0 Å². The van der Waals surface area contributed by atoms with Crippen molar-refractivity contribution >= 4 is 17.5 Å². The Morgan fingerprint density at radius 2 is 2.05 bits per heavy atom. The third-order valence-electron chi connectivity index (χ3n) is 3.06. The maximum Gasteiger partial charge on any atom is 0.322 e. The molecule has 1 atom stereocenters. The van der Waals surface area contributed by atoms with Gasteiger partial charge in [0, 0.05) is 18.6 Å². The molecule has 6 heteroatoms. The fraction of sp³-hybridized carbons (Fsp3) is 0.615. The molecular formula is C13H20N2O4. The van der Waals surface area contributed by atoms with Gasteiger partial charge in [-0.05, 0) is 12.3 Å². The molecular weight excluding hydrogens is 248 g/mol. The molecule has 0 saturated carbocycles. The molecule has 0 bridgehead atoms. The topological polar surface area (TPSA) is 113 Å². The molecule has 0 aromatic rings. The van der Waals surface area contributed by atoms with Gasteiger partial charge in [-0.2, -0.15) is 0 Å². The molecule has 0 fully saturated rings. The molecule has 4 N–H and O–H groups in total. The maximum absolute atomic E-state index is 12.0. The second-order valence-corrected chi connectivity index (χ2v) is 5.63. The summed E-state index contributed by atoms with van der Waals surface area (Å²) >= 11 is 0. The van der Waals surface area contributed by atoms with Crippen LogP contribution < -0.4 is 5.73 Å². The van der Waals surface area contributed by atoms with Gasteiger partial charge in [0.25, 0.3) is 0 Å². The Balaban J connectivity index is 2.92. The van der Waals surface area contributed by atoms with Crippen molar-refractivity contribution in [2.45, 2.75) is 39.7 Å². The number of nitrogens with two attached hydrogens (primary N) is 1. The van der Waals surface area contributed by atoms with Crippen LogP contribution >= 0.6 is 0 Å². The molecule has 106 valence electrons. The molecule has 0 aromatic heterocycles. The third-order valence-corrected chi connectivity index (χ3v) is 3.06. The van der Waals surface area contributed by atoms with Crippen molar-refractivity contribution in [1.82, 2.24) is 0 Å². The van der Waals surface area contributed by atoms with Gasteiger partial charge in [-0.1, -0.05) is 13.8 Å². The van der Waals surface area contributed by atoms with E-state index in [0.717, 1.165) is 0 Å². The molecule has 0 spiro atoms. The number of nitrogens with zero attached hydrogens (tertiary/aromatic N) is 1. The monoisotopic (exact) mass is 268 g/mol. The summed E-state index contributed by atoms with van der Waals surface area (Å²) in [4.78, 5) is 26.6. The summed E-state index contributed by atoms with van der Waals surface area (Å²) < 4.78 is 0. The molecule has 1 aliphatic carbocycles. The minimum Gasteiger partial charge on any atom is -0.511 e.